The van der Waals surface area contributed by atoms with Crippen LogP contribution in [0, 0.1) is 0 Å². The quantitative estimate of drug-likeness (QED) is 0.740. The number of hydrogen-bond acceptors (Lipinski definition) is 2. The Hall–Kier alpha value is -3.34. The molecule has 3 aromatic rings. The summed E-state index contributed by atoms with van der Waals surface area (Å²) < 4.78 is 0. The highest BCUT2D eigenvalue weighted by Crippen LogP contribution is 2.27. The Bertz CT molecular complexity index is 994. The van der Waals surface area contributed by atoms with Crippen LogP contribution < -0.4 is 5.32 Å². The molecule has 0 saturated carbocycles. The molecule has 130 valence electrons. The zero-order chi connectivity index (χ0) is 18.1. The average Bonchev–Trinajstić information content (AvgIpc) is 2.67. The lowest BCUT2D eigenvalue weighted by molar-refractivity contribution is -0.142. The summed E-state index contributed by atoms with van der Waals surface area (Å²) in [5.41, 5.74) is 2.64. The summed E-state index contributed by atoms with van der Waals surface area (Å²) in [7, 11) is 0. The van der Waals surface area contributed by atoms with Gasteiger partial charge < -0.3 is 15.3 Å². The lowest BCUT2D eigenvalue weighted by Gasteiger charge is -2.34. The second kappa shape index (κ2) is 6.52. The summed E-state index contributed by atoms with van der Waals surface area (Å²) in [5.74, 6) is -0.993. The predicted octanol–water partition coefficient (Wildman–Crippen LogP) is 3.88. The van der Waals surface area contributed by atoms with Gasteiger partial charge >= 0.3 is 12.0 Å². The fourth-order valence-electron chi connectivity index (χ4n) is 3.48. The number of aliphatic carboxylic acids is 1. The highest BCUT2D eigenvalue weighted by molar-refractivity contribution is 6.02. The highest BCUT2D eigenvalue weighted by atomic mass is 16.4. The van der Waals surface area contributed by atoms with Crippen LogP contribution in [-0.4, -0.2) is 28.0 Å². The monoisotopic (exact) mass is 346 g/mol. The third kappa shape index (κ3) is 2.88. The molecule has 0 aromatic heterocycles. The fourth-order valence-corrected chi connectivity index (χ4v) is 3.48. The molecule has 3 aromatic carbocycles. The average molecular weight is 346 g/mol. The SMILES string of the molecule is O=C(O)C1Cc2ccccc2CN1C(=O)Nc1cccc2ccccc12. The van der Waals surface area contributed by atoms with Gasteiger partial charge in [0.2, 0.25) is 0 Å². The molecule has 1 aliphatic rings. The van der Waals surface area contributed by atoms with Gasteiger partial charge in [0.25, 0.3) is 0 Å². The van der Waals surface area contributed by atoms with Gasteiger partial charge in [-0.05, 0) is 22.6 Å². The maximum atomic E-state index is 12.9. The van der Waals surface area contributed by atoms with Crippen molar-refractivity contribution in [2.24, 2.45) is 0 Å². The molecule has 2 N–H and O–H groups in total. The van der Waals surface area contributed by atoms with Crippen molar-refractivity contribution in [3.63, 3.8) is 0 Å². The minimum absolute atomic E-state index is 0.281. The number of carbonyl (C=O) groups is 2. The Labute approximate surface area is 150 Å². The number of benzene rings is 3. The molecule has 0 radical (unpaired) electrons. The van der Waals surface area contributed by atoms with Crippen molar-refractivity contribution < 1.29 is 14.7 Å². The van der Waals surface area contributed by atoms with Crippen molar-refractivity contribution in [1.29, 1.82) is 0 Å². The number of carboxylic acid groups (broad SMARTS) is 1. The second-order valence-corrected chi connectivity index (χ2v) is 6.41. The number of carboxylic acids is 1. The lowest BCUT2D eigenvalue weighted by Crippen LogP contribution is -2.50. The number of urea groups is 1. The van der Waals surface area contributed by atoms with Crippen LogP contribution in [0.25, 0.3) is 10.8 Å². The summed E-state index contributed by atoms with van der Waals surface area (Å²) in [6.45, 7) is 0.281. The van der Waals surface area contributed by atoms with Crippen LogP contribution >= 0.6 is 0 Å². The van der Waals surface area contributed by atoms with Gasteiger partial charge in [0.15, 0.2) is 0 Å². The van der Waals surface area contributed by atoms with E-state index in [9.17, 15) is 14.7 Å². The third-order valence-electron chi connectivity index (χ3n) is 4.83. The van der Waals surface area contributed by atoms with Crippen molar-refractivity contribution in [2.45, 2.75) is 19.0 Å². The normalized spacial score (nSPS) is 16.2. The molecule has 0 spiro atoms. The van der Waals surface area contributed by atoms with Gasteiger partial charge in [0, 0.05) is 18.4 Å². The number of anilines is 1. The summed E-state index contributed by atoms with van der Waals surface area (Å²) in [6, 6.07) is 19.8. The molecular weight excluding hydrogens is 328 g/mol. The number of carbonyl (C=O) groups excluding carboxylic acids is 1. The molecular formula is C21H18N2O3. The van der Waals surface area contributed by atoms with E-state index in [0.29, 0.717) is 12.1 Å². The van der Waals surface area contributed by atoms with Crippen LogP contribution in [0.2, 0.25) is 0 Å². The minimum atomic E-state index is -0.993. The number of hydrogen-bond donors (Lipinski definition) is 2. The molecule has 0 bridgehead atoms. The molecule has 1 aliphatic heterocycles. The zero-order valence-corrected chi connectivity index (χ0v) is 14.1. The topological polar surface area (TPSA) is 69.6 Å². The summed E-state index contributed by atoms with van der Waals surface area (Å²) >= 11 is 0. The Kier molecular flexibility index (Phi) is 4.05. The van der Waals surface area contributed by atoms with Crippen LogP contribution in [-0.2, 0) is 17.8 Å². The first-order valence-corrected chi connectivity index (χ1v) is 8.48. The van der Waals surface area contributed by atoms with Crippen molar-refractivity contribution >= 4 is 28.5 Å². The Morgan fingerprint density at radius 2 is 1.62 bits per heavy atom. The van der Waals surface area contributed by atoms with Crippen LogP contribution in [0.1, 0.15) is 11.1 Å². The molecule has 26 heavy (non-hydrogen) atoms. The van der Waals surface area contributed by atoms with Crippen molar-refractivity contribution in [1.82, 2.24) is 4.90 Å². The van der Waals surface area contributed by atoms with Gasteiger partial charge in [0.1, 0.15) is 6.04 Å². The van der Waals surface area contributed by atoms with E-state index in [-0.39, 0.29) is 6.54 Å². The number of nitrogens with zero attached hydrogens (tertiary/aromatic N) is 1. The van der Waals surface area contributed by atoms with Gasteiger partial charge in [-0.3, -0.25) is 0 Å². The van der Waals surface area contributed by atoms with Crippen LogP contribution in [0.15, 0.2) is 66.7 Å². The van der Waals surface area contributed by atoms with Crippen molar-refractivity contribution in [2.75, 3.05) is 5.32 Å². The summed E-state index contributed by atoms with van der Waals surface area (Å²) in [5, 5.41) is 14.4. The number of rotatable bonds is 2. The maximum absolute atomic E-state index is 12.9. The van der Waals surface area contributed by atoms with Gasteiger partial charge in [-0.2, -0.15) is 0 Å². The van der Waals surface area contributed by atoms with Crippen LogP contribution in [0.4, 0.5) is 10.5 Å². The van der Waals surface area contributed by atoms with E-state index in [1.165, 1.54) is 4.90 Å². The zero-order valence-electron chi connectivity index (χ0n) is 14.1. The second-order valence-electron chi connectivity index (χ2n) is 6.41. The van der Waals surface area contributed by atoms with E-state index in [0.717, 1.165) is 21.9 Å². The number of fused-ring (bicyclic) bond motifs is 2. The summed E-state index contributed by atoms with van der Waals surface area (Å²) in [4.78, 5) is 26.0. The van der Waals surface area contributed by atoms with E-state index in [1.54, 1.807) is 0 Å². The fraction of sp³-hybridized carbons (Fsp3) is 0.143. The standard InChI is InChI=1S/C21H18N2O3/c24-20(25)19-12-15-7-1-2-8-16(15)13-23(19)21(26)22-18-11-5-9-14-6-3-4-10-17(14)18/h1-11,19H,12-13H2,(H,22,26)(H,24,25). The number of nitrogens with one attached hydrogen (secondary N) is 1. The third-order valence-corrected chi connectivity index (χ3v) is 4.83. The minimum Gasteiger partial charge on any atom is -0.480 e. The molecule has 5 heteroatoms. The molecule has 5 nitrogen and oxygen atoms in total. The molecule has 1 atom stereocenters. The van der Waals surface area contributed by atoms with E-state index in [1.807, 2.05) is 66.7 Å². The molecule has 2 amide bonds. The smallest absolute Gasteiger partial charge is 0.326 e. The van der Waals surface area contributed by atoms with Gasteiger partial charge in [-0.25, -0.2) is 9.59 Å². The Morgan fingerprint density at radius 1 is 0.923 bits per heavy atom. The van der Waals surface area contributed by atoms with Gasteiger partial charge in [0.05, 0.1) is 5.69 Å². The molecule has 1 heterocycles. The number of amides is 2. The summed E-state index contributed by atoms with van der Waals surface area (Å²) in [6.07, 6.45) is 0.314. The van der Waals surface area contributed by atoms with Gasteiger partial charge in [-0.1, -0.05) is 60.7 Å². The Balaban J connectivity index is 1.65. The van der Waals surface area contributed by atoms with Crippen molar-refractivity contribution in [3.8, 4) is 0 Å². The van der Waals surface area contributed by atoms with E-state index >= 15 is 0 Å². The first-order valence-electron chi connectivity index (χ1n) is 8.48. The van der Waals surface area contributed by atoms with E-state index in [4.69, 9.17) is 0 Å². The molecule has 0 saturated heterocycles. The predicted molar refractivity (Wildman–Crippen MR) is 100 cm³/mol. The molecule has 1 unspecified atom stereocenters. The lowest BCUT2D eigenvalue weighted by atomic mass is 9.94. The van der Waals surface area contributed by atoms with Crippen molar-refractivity contribution in [3.05, 3.63) is 77.9 Å². The van der Waals surface area contributed by atoms with Crippen LogP contribution in [0.5, 0.6) is 0 Å². The molecule has 0 fully saturated rings. The van der Waals surface area contributed by atoms with Gasteiger partial charge in [-0.15, -0.1) is 0 Å². The first kappa shape index (κ1) is 16.1. The first-order chi connectivity index (χ1) is 12.6. The largest absolute Gasteiger partial charge is 0.480 e. The van der Waals surface area contributed by atoms with E-state index < -0.39 is 18.0 Å². The molecule has 0 aliphatic carbocycles. The highest BCUT2D eigenvalue weighted by Gasteiger charge is 2.34. The maximum Gasteiger partial charge on any atom is 0.326 e. The van der Waals surface area contributed by atoms with E-state index in [2.05, 4.69) is 5.32 Å². The van der Waals surface area contributed by atoms with Crippen LogP contribution in [0.3, 0.4) is 0 Å². The Morgan fingerprint density at radius 3 is 2.42 bits per heavy atom. The molecule has 4 rings (SSSR count).